The quantitative estimate of drug-likeness (QED) is 0.497. The number of rotatable bonds is 8. The number of amides is 1. The molecular weight excluding hydrogens is 240 g/mol. The molecule has 0 aliphatic carbocycles. The molecule has 0 saturated heterocycles. The van der Waals surface area contributed by atoms with Crippen molar-refractivity contribution >= 4 is 29.1 Å². The third-order valence-corrected chi connectivity index (χ3v) is 2.46. The number of nitrogens with one attached hydrogen (secondary N) is 1. The van der Waals surface area contributed by atoms with Crippen LogP contribution in [0.15, 0.2) is 0 Å². The Bertz CT molecular complexity index is 282. The summed E-state index contributed by atoms with van der Waals surface area (Å²) in [7, 11) is 0. The number of nitrogens with two attached hydrogens (primary N) is 1. The van der Waals surface area contributed by atoms with Crippen molar-refractivity contribution in [3.05, 3.63) is 0 Å². The van der Waals surface area contributed by atoms with E-state index in [-0.39, 0.29) is 29.8 Å². The molecule has 0 aromatic heterocycles. The van der Waals surface area contributed by atoms with Crippen LogP contribution >= 0.6 is 12.2 Å². The van der Waals surface area contributed by atoms with Crippen LogP contribution in [0.4, 0.5) is 0 Å². The minimum atomic E-state index is -0.447. The normalized spacial score (nSPS) is 11.6. The van der Waals surface area contributed by atoms with E-state index in [1.165, 1.54) is 0 Å². The fraction of sp³-hybridized carbons (Fsp3) is 0.727. The zero-order valence-corrected chi connectivity index (χ0v) is 11.1. The molecule has 0 rings (SSSR count). The molecule has 1 atom stereocenters. The predicted octanol–water partition coefficient (Wildman–Crippen LogP) is 0.758. The maximum absolute atomic E-state index is 11.7. The van der Waals surface area contributed by atoms with E-state index in [4.69, 9.17) is 22.7 Å². The van der Waals surface area contributed by atoms with Crippen LogP contribution in [-0.2, 0) is 14.3 Å². The number of carbonyl (C=O) groups excluding carboxylic acids is 2. The Labute approximate surface area is 107 Å². The molecule has 0 heterocycles. The van der Waals surface area contributed by atoms with Crippen LogP contribution in [0.25, 0.3) is 0 Å². The summed E-state index contributed by atoms with van der Waals surface area (Å²) in [6.07, 6.45) is 1.61. The number of esters is 1. The van der Waals surface area contributed by atoms with Gasteiger partial charge in [-0.15, -0.1) is 0 Å². The van der Waals surface area contributed by atoms with Crippen LogP contribution in [0.1, 0.15) is 33.1 Å². The number of ether oxygens (including phenoxy) is 1. The SMILES string of the molecule is CCCC(C(=O)NCCC(=O)OCC)C(N)=S. The van der Waals surface area contributed by atoms with E-state index >= 15 is 0 Å². The van der Waals surface area contributed by atoms with Crippen molar-refractivity contribution in [2.75, 3.05) is 13.2 Å². The molecule has 98 valence electrons. The largest absolute Gasteiger partial charge is 0.466 e. The van der Waals surface area contributed by atoms with E-state index in [0.717, 1.165) is 6.42 Å². The van der Waals surface area contributed by atoms with Crippen molar-refractivity contribution in [3.63, 3.8) is 0 Å². The van der Waals surface area contributed by atoms with Crippen LogP contribution in [0.2, 0.25) is 0 Å². The van der Waals surface area contributed by atoms with Gasteiger partial charge in [-0.05, 0) is 13.3 Å². The third-order valence-electron chi connectivity index (χ3n) is 2.17. The van der Waals surface area contributed by atoms with Crippen molar-refractivity contribution in [1.82, 2.24) is 5.32 Å². The molecule has 0 aromatic carbocycles. The lowest BCUT2D eigenvalue weighted by Gasteiger charge is -2.14. The Hall–Kier alpha value is -1.17. The maximum Gasteiger partial charge on any atom is 0.307 e. The second-order valence-corrected chi connectivity index (χ2v) is 4.06. The molecule has 1 amide bonds. The zero-order chi connectivity index (χ0) is 13.3. The fourth-order valence-electron chi connectivity index (χ4n) is 1.34. The highest BCUT2D eigenvalue weighted by Gasteiger charge is 2.19. The molecule has 5 nitrogen and oxygen atoms in total. The van der Waals surface area contributed by atoms with Gasteiger partial charge in [0.1, 0.15) is 0 Å². The van der Waals surface area contributed by atoms with Gasteiger partial charge in [0, 0.05) is 6.54 Å². The molecular formula is C11H20N2O3S. The average molecular weight is 260 g/mol. The van der Waals surface area contributed by atoms with Crippen molar-refractivity contribution in [2.24, 2.45) is 11.7 Å². The second kappa shape index (κ2) is 8.92. The lowest BCUT2D eigenvalue weighted by atomic mass is 10.0. The summed E-state index contributed by atoms with van der Waals surface area (Å²) in [5.41, 5.74) is 5.48. The molecule has 0 radical (unpaired) electrons. The van der Waals surface area contributed by atoms with Crippen molar-refractivity contribution in [1.29, 1.82) is 0 Å². The van der Waals surface area contributed by atoms with Crippen molar-refractivity contribution in [3.8, 4) is 0 Å². The Morgan fingerprint density at radius 1 is 1.41 bits per heavy atom. The second-order valence-electron chi connectivity index (χ2n) is 3.59. The van der Waals surface area contributed by atoms with Crippen LogP contribution < -0.4 is 11.1 Å². The number of thiocarbonyl (C=S) groups is 1. The first-order valence-electron chi connectivity index (χ1n) is 5.75. The fourth-order valence-corrected chi connectivity index (χ4v) is 1.56. The lowest BCUT2D eigenvalue weighted by molar-refractivity contribution is -0.143. The molecule has 0 bridgehead atoms. The van der Waals surface area contributed by atoms with E-state index in [2.05, 4.69) is 5.32 Å². The molecule has 1 unspecified atom stereocenters. The Balaban J connectivity index is 3.98. The predicted molar refractivity (Wildman–Crippen MR) is 69.4 cm³/mol. The average Bonchev–Trinajstić information content (AvgIpc) is 2.25. The minimum Gasteiger partial charge on any atom is -0.466 e. The Morgan fingerprint density at radius 2 is 2.06 bits per heavy atom. The standard InChI is InChI=1S/C11H20N2O3S/c1-3-5-8(10(12)17)11(15)13-7-6-9(14)16-4-2/h8H,3-7H2,1-2H3,(H2,12,17)(H,13,15). The summed E-state index contributed by atoms with van der Waals surface area (Å²) < 4.78 is 4.74. The van der Waals surface area contributed by atoms with Crippen molar-refractivity contribution in [2.45, 2.75) is 33.1 Å². The highest BCUT2D eigenvalue weighted by molar-refractivity contribution is 7.80. The molecule has 0 aliphatic heterocycles. The van der Waals surface area contributed by atoms with Gasteiger partial charge in [0.25, 0.3) is 0 Å². The van der Waals surface area contributed by atoms with Gasteiger partial charge in [0.05, 0.1) is 23.9 Å². The number of carbonyl (C=O) groups is 2. The minimum absolute atomic E-state index is 0.162. The van der Waals surface area contributed by atoms with Gasteiger partial charge in [-0.3, -0.25) is 9.59 Å². The van der Waals surface area contributed by atoms with Gasteiger partial charge < -0.3 is 15.8 Å². The lowest BCUT2D eigenvalue weighted by Crippen LogP contribution is -2.38. The summed E-state index contributed by atoms with van der Waals surface area (Å²) in [5, 5.41) is 2.63. The summed E-state index contributed by atoms with van der Waals surface area (Å²) >= 11 is 4.83. The van der Waals surface area contributed by atoms with E-state index in [1.807, 2.05) is 6.92 Å². The van der Waals surface area contributed by atoms with E-state index in [1.54, 1.807) is 6.92 Å². The van der Waals surface area contributed by atoms with Gasteiger partial charge in [-0.25, -0.2) is 0 Å². The topological polar surface area (TPSA) is 81.4 Å². The molecule has 6 heteroatoms. The molecule has 0 fully saturated rings. The van der Waals surface area contributed by atoms with Crippen LogP contribution in [-0.4, -0.2) is 30.0 Å². The van der Waals surface area contributed by atoms with Gasteiger partial charge in [0.15, 0.2) is 0 Å². The molecule has 17 heavy (non-hydrogen) atoms. The smallest absolute Gasteiger partial charge is 0.307 e. The molecule has 0 aliphatic rings. The highest BCUT2D eigenvalue weighted by Crippen LogP contribution is 2.06. The van der Waals surface area contributed by atoms with Gasteiger partial charge in [-0.2, -0.15) is 0 Å². The summed E-state index contributed by atoms with van der Waals surface area (Å²) in [5.74, 6) is -0.990. The van der Waals surface area contributed by atoms with Gasteiger partial charge in [0.2, 0.25) is 5.91 Å². The van der Waals surface area contributed by atoms with E-state index < -0.39 is 5.92 Å². The van der Waals surface area contributed by atoms with Gasteiger partial charge >= 0.3 is 5.97 Å². The first kappa shape index (κ1) is 15.8. The number of hydrogen-bond donors (Lipinski definition) is 2. The first-order valence-corrected chi connectivity index (χ1v) is 6.16. The summed E-state index contributed by atoms with van der Waals surface area (Å²) in [6.45, 7) is 4.29. The highest BCUT2D eigenvalue weighted by atomic mass is 32.1. The van der Waals surface area contributed by atoms with Crippen LogP contribution in [0, 0.1) is 5.92 Å². The molecule has 0 aromatic rings. The van der Waals surface area contributed by atoms with E-state index in [0.29, 0.717) is 13.0 Å². The first-order chi connectivity index (χ1) is 8.02. The van der Waals surface area contributed by atoms with Gasteiger partial charge in [-0.1, -0.05) is 25.6 Å². The monoisotopic (exact) mass is 260 g/mol. The maximum atomic E-state index is 11.7. The third kappa shape index (κ3) is 6.88. The van der Waals surface area contributed by atoms with Crippen LogP contribution in [0.5, 0.6) is 0 Å². The molecule has 0 spiro atoms. The summed E-state index contributed by atoms with van der Waals surface area (Å²) in [4.78, 5) is 22.9. The Kier molecular flexibility index (Phi) is 8.31. The zero-order valence-electron chi connectivity index (χ0n) is 10.3. The van der Waals surface area contributed by atoms with Crippen LogP contribution in [0.3, 0.4) is 0 Å². The van der Waals surface area contributed by atoms with Crippen molar-refractivity contribution < 1.29 is 14.3 Å². The molecule has 0 saturated carbocycles. The van der Waals surface area contributed by atoms with E-state index in [9.17, 15) is 9.59 Å². The number of hydrogen-bond acceptors (Lipinski definition) is 4. The Morgan fingerprint density at radius 3 is 2.53 bits per heavy atom. The molecule has 3 N–H and O–H groups in total. The summed E-state index contributed by atoms with van der Waals surface area (Å²) in [6, 6.07) is 0.